The molecule has 1 aromatic carbocycles. The van der Waals surface area contributed by atoms with Gasteiger partial charge in [0.2, 0.25) is 0 Å². The molecule has 2 N–H and O–H groups in total. The van der Waals surface area contributed by atoms with Crippen LogP contribution in [-0.2, 0) is 0 Å². The fourth-order valence-corrected chi connectivity index (χ4v) is 2.99. The number of rotatable bonds is 3. The van der Waals surface area contributed by atoms with Crippen LogP contribution in [-0.4, -0.2) is 10.1 Å². The summed E-state index contributed by atoms with van der Waals surface area (Å²) in [4.78, 5) is 4.06. The monoisotopic (exact) mass is 256 g/mol. The maximum atomic E-state index is 9.81. The molecule has 1 aromatic heterocycles. The molecule has 0 amide bonds. The van der Waals surface area contributed by atoms with Gasteiger partial charge in [0.1, 0.15) is 0 Å². The van der Waals surface area contributed by atoms with Crippen LogP contribution in [0.5, 0.6) is 0 Å². The maximum absolute atomic E-state index is 9.81. The van der Waals surface area contributed by atoms with E-state index in [2.05, 4.69) is 10.3 Å². The lowest BCUT2D eigenvalue weighted by Crippen LogP contribution is -2.08. The summed E-state index contributed by atoms with van der Waals surface area (Å²) in [5.74, 6) is 0. The Morgan fingerprint density at radius 1 is 1.27 bits per heavy atom. The molecule has 0 aliphatic carbocycles. The van der Waals surface area contributed by atoms with Gasteiger partial charge in [-0.1, -0.05) is 30.3 Å². The molecule has 1 heterocycles. The second-order valence-electron chi connectivity index (χ2n) is 2.81. The van der Waals surface area contributed by atoms with Crippen molar-refractivity contribution in [2.24, 2.45) is 0 Å². The van der Waals surface area contributed by atoms with Crippen LogP contribution in [0.25, 0.3) is 0 Å². The highest BCUT2D eigenvalue weighted by Crippen LogP contribution is 2.23. The molecule has 0 radical (unpaired) electrons. The Kier molecular flexibility index (Phi) is 3.42. The predicted molar refractivity (Wildman–Crippen MR) is 65.8 cm³/mol. The Bertz CT molecular complexity index is 479. The van der Waals surface area contributed by atoms with E-state index >= 15 is 0 Å². The van der Waals surface area contributed by atoms with Crippen LogP contribution in [0.15, 0.2) is 30.3 Å². The summed E-state index contributed by atoms with van der Waals surface area (Å²) in [5.41, 5.74) is 0.809. The first-order valence-electron chi connectivity index (χ1n) is 4.22. The molecule has 6 heteroatoms. The Balaban J connectivity index is 2.10. The molecule has 0 fully saturated rings. The number of nitrogens with one attached hydrogen (secondary N) is 1. The summed E-state index contributed by atoms with van der Waals surface area (Å²) in [6, 6.07) is 9.36. The topological polar surface area (TPSA) is 45.1 Å². The number of aliphatic hydroxyl groups excluding tert-OH is 1. The van der Waals surface area contributed by atoms with Gasteiger partial charge in [0.15, 0.2) is 15.3 Å². The van der Waals surface area contributed by atoms with E-state index in [1.165, 1.54) is 20.7 Å². The number of hydrogen-bond acceptors (Lipinski definition) is 6. The van der Waals surface area contributed by atoms with Crippen LogP contribution in [0.2, 0.25) is 0 Å². The first-order chi connectivity index (χ1) is 7.25. The molecular formula is C9H8N2OS3. The number of aromatic nitrogens is 1. The van der Waals surface area contributed by atoms with E-state index < -0.39 is 6.23 Å². The Morgan fingerprint density at radius 2 is 2.00 bits per heavy atom. The Hall–Kier alpha value is -0.820. The van der Waals surface area contributed by atoms with Gasteiger partial charge in [-0.15, -0.1) is 0 Å². The van der Waals surface area contributed by atoms with E-state index in [0.717, 1.165) is 5.56 Å². The average Bonchev–Trinajstić information content (AvgIpc) is 2.65. The zero-order valence-corrected chi connectivity index (χ0v) is 10.0. The van der Waals surface area contributed by atoms with Crippen LogP contribution in [0.3, 0.4) is 0 Å². The van der Waals surface area contributed by atoms with Gasteiger partial charge in [-0.05, 0) is 32.9 Å². The van der Waals surface area contributed by atoms with Crippen molar-refractivity contribution < 1.29 is 5.11 Å². The van der Waals surface area contributed by atoms with Gasteiger partial charge in [0.05, 0.1) is 0 Å². The van der Waals surface area contributed by atoms with Crippen molar-refractivity contribution in [1.29, 1.82) is 0 Å². The molecular weight excluding hydrogens is 248 g/mol. The molecule has 0 aliphatic rings. The normalized spacial score (nSPS) is 12.3. The van der Waals surface area contributed by atoms with Crippen LogP contribution in [0.4, 0.5) is 5.13 Å². The van der Waals surface area contributed by atoms with Gasteiger partial charge in [-0.3, -0.25) is 0 Å². The lowest BCUT2D eigenvalue weighted by atomic mass is 10.2. The summed E-state index contributed by atoms with van der Waals surface area (Å²) in [6.07, 6.45) is -0.737. The number of anilines is 1. The minimum absolute atomic E-state index is 0.586. The average molecular weight is 256 g/mol. The molecule has 78 valence electrons. The molecule has 1 unspecified atom stereocenters. The molecule has 0 saturated heterocycles. The van der Waals surface area contributed by atoms with Gasteiger partial charge in [0.25, 0.3) is 0 Å². The number of benzene rings is 1. The van der Waals surface area contributed by atoms with Crippen LogP contribution in [0.1, 0.15) is 11.8 Å². The van der Waals surface area contributed by atoms with E-state index in [0.29, 0.717) is 9.09 Å². The zero-order valence-electron chi connectivity index (χ0n) is 7.58. The predicted octanol–water partition coefficient (Wildman–Crippen LogP) is 3.04. The van der Waals surface area contributed by atoms with Gasteiger partial charge < -0.3 is 10.4 Å². The summed E-state index contributed by atoms with van der Waals surface area (Å²) >= 11 is 4.90. The number of hydrogen-bond donors (Lipinski definition) is 2. The summed E-state index contributed by atoms with van der Waals surface area (Å²) < 4.78 is 0.586. The van der Waals surface area contributed by atoms with E-state index in [-0.39, 0.29) is 0 Å². The number of aliphatic hydroxyl groups is 1. The lowest BCUT2D eigenvalue weighted by Gasteiger charge is -2.10. The quantitative estimate of drug-likeness (QED) is 0.503. The van der Waals surface area contributed by atoms with Gasteiger partial charge >= 0.3 is 0 Å². The maximum Gasteiger partial charge on any atom is 0.197 e. The Morgan fingerprint density at radius 3 is 2.60 bits per heavy atom. The van der Waals surface area contributed by atoms with Crippen molar-refractivity contribution >= 4 is 38.0 Å². The molecule has 0 saturated carbocycles. The molecule has 15 heavy (non-hydrogen) atoms. The first-order valence-corrected chi connectivity index (χ1v) is 6.78. The third kappa shape index (κ3) is 2.82. The molecule has 0 bridgehead atoms. The largest absolute Gasteiger partial charge is 0.369 e. The molecule has 2 aromatic rings. The van der Waals surface area contributed by atoms with E-state index in [1.54, 1.807) is 0 Å². The Labute approximate surface area is 99.4 Å². The van der Waals surface area contributed by atoms with Crippen LogP contribution >= 0.6 is 32.9 Å². The van der Waals surface area contributed by atoms with E-state index in [1.807, 2.05) is 30.3 Å². The molecule has 0 aliphatic heterocycles. The fraction of sp³-hybridized carbons (Fsp3) is 0.111. The fourth-order valence-electron chi connectivity index (χ4n) is 1.09. The SMILES string of the molecule is OC(Nc1nc(=S)ss1)c1ccccc1. The second kappa shape index (κ2) is 4.80. The minimum Gasteiger partial charge on any atom is -0.369 e. The van der Waals surface area contributed by atoms with Crippen LogP contribution in [0, 0.1) is 3.95 Å². The molecule has 0 spiro atoms. The third-order valence-corrected chi connectivity index (χ3v) is 4.30. The highest BCUT2D eigenvalue weighted by Gasteiger charge is 2.07. The summed E-state index contributed by atoms with van der Waals surface area (Å²) in [6.45, 7) is 0. The third-order valence-electron chi connectivity index (χ3n) is 1.76. The second-order valence-corrected chi connectivity index (χ2v) is 5.56. The summed E-state index contributed by atoms with van der Waals surface area (Å²) in [5, 5.41) is 13.3. The highest BCUT2D eigenvalue weighted by atomic mass is 32.9. The minimum atomic E-state index is -0.737. The van der Waals surface area contributed by atoms with Crippen molar-refractivity contribution in [2.75, 3.05) is 5.32 Å². The van der Waals surface area contributed by atoms with Crippen molar-refractivity contribution in [2.45, 2.75) is 6.23 Å². The molecule has 2 rings (SSSR count). The van der Waals surface area contributed by atoms with Crippen molar-refractivity contribution in [3.63, 3.8) is 0 Å². The molecule has 1 atom stereocenters. The van der Waals surface area contributed by atoms with Gasteiger partial charge in [-0.2, -0.15) is 4.98 Å². The van der Waals surface area contributed by atoms with Gasteiger partial charge in [0, 0.05) is 5.56 Å². The van der Waals surface area contributed by atoms with Crippen LogP contribution < -0.4 is 5.32 Å². The molecule has 3 nitrogen and oxygen atoms in total. The zero-order chi connectivity index (χ0) is 10.7. The van der Waals surface area contributed by atoms with Crippen molar-refractivity contribution in [1.82, 2.24) is 4.98 Å². The smallest absolute Gasteiger partial charge is 0.197 e. The standard InChI is InChI=1S/C9H8N2OS3/c12-7(6-4-2-1-3-5-6)10-8-11-9(13)15-14-8/h1-5,7,12H,(H,10,11,13). The first kappa shape index (κ1) is 10.7. The van der Waals surface area contributed by atoms with Crippen molar-refractivity contribution in [3.05, 3.63) is 39.8 Å². The number of nitrogens with zero attached hydrogens (tertiary/aromatic N) is 1. The van der Waals surface area contributed by atoms with E-state index in [9.17, 15) is 5.11 Å². The highest BCUT2D eigenvalue weighted by molar-refractivity contribution is 7.79. The lowest BCUT2D eigenvalue weighted by molar-refractivity contribution is 0.208. The van der Waals surface area contributed by atoms with Crippen molar-refractivity contribution in [3.8, 4) is 0 Å². The summed E-state index contributed by atoms with van der Waals surface area (Å²) in [7, 11) is 2.84. The van der Waals surface area contributed by atoms with Gasteiger partial charge in [-0.25, -0.2) is 0 Å². The van der Waals surface area contributed by atoms with E-state index in [4.69, 9.17) is 12.2 Å².